The van der Waals surface area contributed by atoms with Crippen molar-refractivity contribution in [1.29, 1.82) is 0 Å². The van der Waals surface area contributed by atoms with E-state index in [2.05, 4.69) is 0 Å². The van der Waals surface area contributed by atoms with Crippen molar-refractivity contribution in [3.05, 3.63) is 0 Å². The van der Waals surface area contributed by atoms with Gasteiger partial charge in [0.05, 0.1) is 26.4 Å². The van der Waals surface area contributed by atoms with Crippen LogP contribution in [0.3, 0.4) is 0 Å². The third-order valence-electron chi connectivity index (χ3n) is 1.90. The fourth-order valence-electron chi connectivity index (χ4n) is 1.23. The van der Waals surface area contributed by atoms with E-state index in [1.807, 2.05) is 13.8 Å². The maximum Gasteiger partial charge on any atom is 0.474 e. The second-order valence-corrected chi connectivity index (χ2v) is 4.98. The minimum atomic E-state index is -3.46. The van der Waals surface area contributed by atoms with Gasteiger partial charge in [-0.25, -0.2) is 4.57 Å². The van der Waals surface area contributed by atoms with E-state index >= 15 is 0 Å². The van der Waals surface area contributed by atoms with Gasteiger partial charge < -0.3 is 9.47 Å². The number of hydrogen-bond acceptors (Lipinski definition) is 6. The van der Waals surface area contributed by atoms with Crippen LogP contribution in [0.2, 0.25) is 0 Å². The van der Waals surface area contributed by atoms with E-state index in [9.17, 15) is 4.57 Å². The van der Waals surface area contributed by atoms with Gasteiger partial charge in [0.2, 0.25) is 0 Å². The van der Waals surface area contributed by atoms with Crippen LogP contribution in [0.5, 0.6) is 0 Å². The summed E-state index contributed by atoms with van der Waals surface area (Å²) in [6.07, 6.45) is -0.274. The average molecular weight is 284 g/mol. The summed E-state index contributed by atoms with van der Waals surface area (Å²) in [5, 5.41) is 0. The van der Waals surface area contributed by atoms with Crippen molar-refractivity contribution in [2.75, 3.05) is 39.6 Å². The molecular formula is C11H25O6P. The summed E-state index contributed by atoms with van der Waals surface area (Å²) in [4.78, 5) is 0. The van der Waals surface area contributed by atoms with Crippen LogP contribution in [0.1, 0.15) is 27.7 Å². The van der Waals surface area contributed by atoms with Crippen molar-refractivity contribution in [3.8, 4) is 0 Å². The minimum absolute atomic E-state index is 0.116. The van der Waals surface area contributed by atoms with Gasteiger partial charge >= 0.3 is 7.82 Å². The second kappa shape index (κ2) is 10.9. The summed E-state index contributed by atoms with van der Waals surface area (Å²) < 4.78 is 38.0. The SMILES string of the molecule is CCOC[C@H](COP(=O)(OCC)OCC)OCC. The lowest BCUT2D eigenvalue weighted by atomic mass is 10.4. The fourth-order valence-corrected chi connectivity index (χ4v) is 2.44. The zero-order valence-corrected chi connectivity index (χ0v) is 12.6. The minimum Gasteiger partial charge on any atom is -0.379 e. The average Bonchev–Trinajstić information content (AvgIpc) is 2.33. The Kier molecular flexibility index (Phi) is 10.9. The van der Waals surface area contributed by atoms with E-state index in [1.54, 1.807) is 13.8 Å². The third-order valence-corrected chi connectivity index (χ3v) is 3.52. The lowest BCUT2D eigenvalue weighted by molar-refractivity contribution is -0.0378. The van der Waals surface area contributed by atoms with Crippen LogP contribution in [-0.4, -0.2) is 45.7 Å². The maximum atomic E-state index is 12.0. The molecule has 0 aromatic heterocycles. The number of phosphoric acid groups is 1. The predicted octanol–water partition coefficient (Wildman–Crippen LogP) is 2.63. The third kappa shape index (κ3) is 8.19. The Morgan fingerprint density at radius 1 is 0.833 bits per heavy atom. The van der Waals surface area contributed by atoms with Crippen molar-refractivity contribution in [2.45, 2.75) is 33.8 Å². The van der Waals surface area contributed by atoms with Crippen LogP contribution >= 0.6 is 7.82 Å². The summed E-state index contributed by atoms with van der Waals surface area (Å²) in [7, 11) is -3.46. The van der Waals surface area contributed by atoms with Crippen LogP contribution < -0.4 is 0 Å². The van der Waals surface area contributed by atoms with Crippen LogP contribution in [0, 0.1) is 0 Å². The quantitative estimate of drug-likeness (QED) is 0.513. The van der Waals surface area contributed by atoms with Gasteiger partial charge in [-0.1, -0.05) is 0 Å². The van der Waals surface area contributed by atoms with Gasteiger partial charge in [0, 0.05) is 13.2 Å². The first-order chi connectivity index (χ1) is 8.61. The first-order valence-electron chi connectivity index (χ1n) is 6.34. The Bertz CT molecular complexity index is 226. The molecule has 110 valence electrons. The Labute approximate surface area is 110 Å². The van der Waals surface area contributed by atoms with E-state index in [0.29, 0.717) is 19.8 Å². The zero-order chi connectivity index (χ0) is 13.9. The Morgan fingerprint density at radius 3 is 1.89 bits per heavy atom. The number of rotatable bonds is 12. The summed E-state index contributed by atoms with van der Waals surface area (Å²) in [6.45, 7) is 9.41. The summed E-state index contributed by atoms with van der Waals surface area (Å²) >= 11 is 0. The maximum absolute atomic E-state index is 12.0. The predicted molar refractivity (Wildman–Crippen MR) is 68.7 cm³/mol. The van der Waals surface area contributed by atoms with Crippen LogP contribution in [0.15, 0.2) is 0 Å². The highest BCUT2D eigenvalue weighted by Crippen LogP contribution is 2.49. The molecule has 0 bridgehead atoms. The molecule has 7 heteroatoms. The van der Waals surface area contributed by atoms with Gasteiger partial charge in [-0.2, -0.15) is 0 Å². The van der Waals surface area contributed by atoms with Crippen molar-refractivity contribution >= 4 is 7.82 Å². The molecule has 0 aliphatic carbocycles. The standard InChI is InChI=1S/C11H25O6P/c1-5-13-9-11(14-6-2)10-17-18(12,15-7-3)16-8-4/h11H,5-10H2,1-4H3/t11-/m1/s1. The summed E-state index contributed by atoms with van der Waals surface area (Å²) in [6, 6.07) is 0. The Balaban J connectivity index is 4.21. The molecule has 0 saturated heterocycles. The summed E-state index contributed by atoms with van der Waals surface area (Å²) in [5.41, 5.74) is 0. The van der Waals surface area contributed by atoms with Crippen molar-refractivity contribution in [3.63, 3.8) is 0 Å². The van der Waals surface area contributed by atoms with Gasteiger partial charge in [0.1, 0.15) is 6.10 Å². The molecular weight excluding hydrogens is 259 g/mol. The van der Waals surface area contributed by atoms with Gasteiger partial charge in [0.25, 0.3) is 0 Å². The Hall–Kier alpha value is 0.0300. The molecule has 0 heterocycles. The van der Waals surface area contributed by atoms with Gasteiger partial charge in [-0.15, -0.1) is 0 Å². The molecule has 0 saturated carbocycles. The molecule has 0 spiro atoms. The highest BCUT2D eigenvalue weighted by Gasteiger charge is 2.27. The molecule has 0 fully saturated rings. The molecule has 0 rings (SSSR count). The Morgan fingerprint density at radius 2 is 1.44 bits per heavy atom. The molecule has 0 N–H and O–H groups in total. The smallest absolute Gasteiger partial charge is 0.379 e. The van der Waals surface area contributed by atoms with Gasteiger partial charge in [-0.05, 0) is 27.7 Å². The number of hydrogen-bond donors (Lipinski definition) is 0. The molecule has 0 aromatic rings. The van der Waals surface area contributed by atoms with E-state index in [1.165, 1.54) is 0 Å². The van der Waals surface area contributed by atoms with Gasteiger partial charge in [-0.3, -0.25) is 13.6 Å². The lowest BCUT2D eigenvalue weighted by Crippen LogP contribution is -2.25. The molecule has 0 radical (unpaired) electrons. The first-order valence-corrected chi connectivity index (χ1v) is 7.80. The summed E-state index contributed by atoms with van der Waals surface area (Å²) in [5.74, 6) is 0. The molecule has 0 aliphatic heterocycles. The number of phosphoric ester groups is 1. The monoisotopic (exact) mass is 284 g/mol. The molecule has 0 aromatic carbocycles. The molecule has 0 aliphatic rings. The topological polar surface area (TPSA) is 63.2 Å². The van der Waals surface area contributed by atoms with Crippen LogP contribution in [0.4, 0.5) is 0 Å². The molecule has 0 amide bonds. The highest BCUT2D eigenvalue weighted by molar-refractivity contribution is 7.48. The van der Waals surface area contributed by atoms with Crippen molar-refractivity contribution in [2.24, 2.45) is 0 Å². The first kappa shape index (κ1) is 18.0. The fraction of sp³-hybridized carbons (Fsp3) is 1.00. The molecule has 0 unspecified atom stereocenters. The van der Waals surface area contributed by atoms with Crippen molar-refractivity contribution < 1.29 is 27.6 Å². The van der Waals surface area contributed by atoms with Gasteiger partial charge in [0.15, 0.2) is 0 Å². The normalized spacial score (nSPS) is 13.8. The number of ether oxygens (including phenoxy) is 2. The largest absolute Gasteiger partial charge is 0.474 e. The highest BCUT2D eigenvalue weighted by atomic mass is 31.2. The molecule has 6 nitrogen and oxygen atoms in total. The zero-order valence-electron chi connectivity index (χ0n) is 11.7. The lowest BCUT2D eigenvalue weighted by Gasteiger charge is -2.21. The van der Waals surface area contributed by atoms with E-state index < -0.39 is 7.82 Å². The van der Waals surface area contributed by atoms with E-state index in [4.69, 9.17) is 23.0 Å². The van der Waals surface area contributed by atoms with Crippen molar-refractivity contribution in [1.82, 2.24) is 0 Å². The van der Waals surface area contributed by atoms with E-state index in [0.717, 1.165) is 0 Å². The molecule has 18 heavy (non-hydrogen) atoms. The van der Waals surface area contributed by atoms with Crippen LogP contribution in [-0.2, 0) is 27.6 Å². The second-order valence-electron chi connectivity index (χ2n) is 3.32. The van der Waals surface area contributed by atoms with Crippen LogP contribution in [0.25, 0.3) is 0 Å². The van der Waals surface area contributed by atoms with E-state index in [-0.39, 0.29) is 25.9 Å². The molecule has 1 atom stereocenters.